The van der Waals surface area contributed by atoms with Crippen molar-refractivity contribution in [2.24, 2.45) is 4.99 Å². The van der Waals surface area contributed by atoms with Crippen LogP contribution < -0.4 is 10.6 Å². The molecule has 0 unspecified atom stereocenters. The fraction of sp³-hybridized carbons (Fsp3) is 0.263. The zero-order valence-electron chi connectivity index (χ0n) is 14.7. The Morgan fingerprint density at radius 1 is 1.31 bits per heavy atom. The summed E-state index contributed by atoms with van der Waals surface area (Å²) in [6.45, 7) is 4.30. The van der Waals surface area contributed by atoms with Crippen molar-refractivity contribution in [1.29, 1.82) is 0 Å². The van der Waals surface area contributed by atoms with Crippen LogP contribution in [0.1, 0.15) is 18.2 Å². The molecule has 6 nitrogen and oxygen atoms in total. The van der Waals surface area contributed by atoms with Crippen molar-refractivity contribution in [2.75, 3.05) is 13.1 Å². The lowest BCUT2D eigenvalue weighted by atomic mass is 10.1. The third kappa shape index (κ3) is 3.57. The highest BCUT2D eigenvalue weighted by molar-refractivity contribution is 7.15. The van der Waals surface area contributed by atoms with Crippen molar-refractivity contribution in [3.05, 3.63) is 59.5 Å². The molecule has 4 rings (SSSR count). The summed E-state index contributed by atoms with van der Waals surface area (Å²) in [5, 5.41) is 10.0. The number of hydrogen-bond donors (Lipinski definition) is 3. The average Bonchev–Trinajstić information content (AvgIpc) is 3.34. The number of benzene rings is 1. The number of aromatic nitrogens is 3. The molecule has 0 saturated heterocycles. The summed E-state index contributed by atoms with van der Waals surface area (Å²) in [5.74, 6) is 0.823. The third-order valence-corrected chi connectivity index (χ3v) is 5.02. The molecule has 26 heavy (non-hydrogen) atoms. The first-order valence-electron chi connectivity index (χ1n) is 8.81. The molecule has 134 valence electrons. The highest BCUT2D eigenvalue weighted by Gasteiger charge is 2.05. The third-order valence-electron chi connectivity index (χ3n) is 4.25. The summed E-state index contributed by atoms with van der Waals surface area (Å²) in [4.78, 5) is 13.6. The zero-order valence-corrected chi connectivity index (χ0v) is 15.5. The molecule has 0 radical (unpaired) electrons. The molecule has 0 aliphatic carbocycles. The number of rotatable bonds is 6. The highest BCUT2D eigenvalue weighted by atomic mass is 32.1. The van der Waals surface area contributed by atoms with Crippen LogP contribution in [0.2, 0.25) is 0 Å². The second kappa shape index (κ2) is 7.61. The van der Waals surface area contributed by atoms with E-state index >= 15 is 0 Å². The number of nitrogens with one attached hydrogen (secondary N) is 3. The number of fused-ring (bicyclic) bond motifs is 2. The Balaban J connectivity index is 1.37. The maximum atomic E-state index is 4.66. The van der Waals surface area contributed by atoms with Gasteiger partial charge in [0.2, 0.25) is 0 Å². The summed E-state index contributed by atoms with van der Waals surface area (Å²) in [6, 6.07) is 8.39. The normalized spacial score (nSPS) is 12.1. The second-order valence-electron chi connectivity index (χ2n) is 6.06. The van der Waals surface area contributed by atoms with Crippen LogP contribution >= 0.6 is 11.3 Å². The number of para-hydroxylation sites is 1. The molecule has 0 spiro atoms. The summed E-state index contributed by atoms with van der Waals surface area (Å²) in [5.41, 5.74) is 3.48. The predicted molar refractivity (Wildman–Crippen MR) is 108 cm³/mol. The standard InChI is InChI=1S/C19H22N6S/c1-2-20-18(23-12-15-13-25-9-10-26-19(25)24-15)21-8-7-14-11-22-17-6-4-3-5-16(14)17/h3-6,9-11,13,22H,2,7-8,12H2,1H3,(H2,20,21,23). The topological polar surface area (TPSA) is 69.5 Å². The van der Waals surface area contributed by atoms with Crippen molar-refractivity contribution < 1.29 is 0 Å². The van der Waals surface area contributed by atoms with Crippen LogP contribution in [0.3, 0.4) is 0 Å². The second-order valence-corrected chi connectivity index (χ2v) is 6.93. The number of thiazole rings is 1. The Bertz CT molecular complexity index is 996. The molecule has 0 bridgehead atoms. The van der Waals surface area contributed by atoms with Crippen LogP contribution in [0.15, 0.2) is 53.2 Å². The van der Waals surface area contributed by atoms with E-state index in [1.165, 1.54) is 16.5 Å². The molecule has 0 amide bonds. The highest BCUT2D eigenvalue weighted by Crippen LogP contribution is 2.17. The number of H-pyrrole nitrogens is 1. The molecule has 0 aliphatic rings. The SMILES string of the molecule is CCNC(=NCc1cn2ccsc2n1)NCCc1c[nH]c2ccccc12. The molecule has 3 heterocycles. The van der Waals surface area contributed by atoms with Crippen molar-refractivity contribution in [3.63, 3.8) is 0 Å². The van der Waals surface area contributed by atoms with Gasteiger partial charge in [-0.25, -0.2) is 9.98 Å². The van der Waals surface area contributed by atoms with Crippen molar-refractivity contribution in [1.82, 2.24) is 25.0 Å². The fourth-order valence-electron chi connectivity index (χ4n) is 3.01. The van der Waals surface area contributed by atoms with Crippen LogP contribution in [0, 0.1) is 0 Å². The van der Waals surface area contributed by atoms with Gasteiger partial charge in [-0.3, -0.25) is 4.40 Å². The van der Waals surface area contributed by atoms with E-state index in [0.717, 1.165) is 36.1 Å². The molecule has 3 aromatic heterocycles. The minimum Gasteiger partial charge on any atom is -0.361 e. The van der Waals surface area contributed by atoms with Crippen LogP contribution in [-0.2, 0) is 13.0 Å². The maximum Gasteiger partial charge on any atom is 0.193 e. The van der Waals surface area contributed by atoms with E-state index in [1.54, 1.807) is 11.3 Å². The molecule has 4 aromatic rings. The quantitative estimate of drug-likeness (QED) is 0.363. The first kappa shape index (κ1) is 16.7. The van der Waals surface area contributed by atoms with Crippen LogP contribution in [-0.4, -0.2) is 33.4 Å². The van der Waals surface area contributed by atoms with Gasteiger partial charge in [0.1, 0.15) is 0 Å². The van der Waals surface area contributed by atoms with E-state index < -0.39 is 0 Å². The molecule has 0 atom stereocenters. The Labute approximate surface area is 156 Å². The molecule has 0 aliphatic heterocycles. The molecular weight excluding hydrogens is 344 g/mol. The van der Waals surface area contributed by atoms with Gasteiger partial charge in [-0.2, -0.15) is 0 Å². The van der Waals surface area contributed by atoms with Gasteiger partial charge in [0.05, 0.1) is 12.2 Å². The molecular formula is C19H22N6S. The van der Waals surface area contributed by atoms with E-state index in [4.69, 9.17) is 0 Å². The Kier molecular flexibility index (Phi) is 4.88. The average molecular weight is 366 g/mol. The fourth-order valence-corrected chi connectivity index (χ4v) is 3.73. The molecule has 0 saturated carbocycles. The lowest BCUT2D eigenvalue weighted by molar-refractivity contribution is 0.799. The summed E-state index contributed by atoms with van der Waals surface area (Å²) in [6.07, 6.45) is 7.08. The van der Waals surface area contributed by atoms with Crippen LogP contribution in [0.4, 0.5) is 0 Å². The number of guanidine groups is 1. The van der Waals surface area contributed by atoms with E-state index in [0.29, 0.717) is 6.54 Å². The van der Waals surface area contributed by atoms with Gasteiger partial charge in [0.15, 0.2) is 10.9 Å². The van der Waals surface area contributed by atoms with Gasteiger partial charge in [0, 0.05) is 48.0 Å². The van der Waals surface area contributed by atoms with Gasteiger partial charge in [0.25, 0.3) is 0 Å². The van der Waals surface area contributed by atoms with Gasteiger partial charge >= 0.3 is 0 Å². The van der Waals surface area contributed by atoms with E-state index in [-0.39, 0.29) is 0 Å². The van der Waals surface area contributed by atoms with Crippen molar-refractivity contribution in [2.45, 2.75) is 19.9 Å². The molecule has 1 aromatic carbocycles. The van der Waals surface area contributed by atoms with E-state index in [2.05, 4.69) is 63.0 Å². The zero-order chi connectivity index (χ0) is 17.8. The van der Waals surface area contributed by atoms with Gasteiger partial charge < -0.3 is 15.6 Å². The molecule has 3 N–H and O–H groups in total. The Morgan fingerprint density at radius 3 is 3.12 bits per heavy atom. The van der Waals surface area contributed by atoms with Crippen molar-refractivity contribution in [3.8, 4) is 0 Å². The number of imidazole rings is 1. The molecule has 0 fully saturated rings. The van der Waals surface area contributed by atoms with Gasteiger partial charge in [-0.15, -0.1) is 11.3 Å². The van der Waals surface area contributed by atoms with E-state index in [1.807, 2.05) is 22.2 Å². The van der Waals surface area contributed by atoms with E-state index in [9.17, 15) is 0 Å². The lowest BCUT2D eigenvalue weighted by Gasteiger charge is -2.10. The summed E-state index contributed by atoms with van der Waals surface area (Å²) < 4.78 is 2.03. The Morgan fingerprint density at radius 2 is 2.23 bits per heavy atom. The van der Waals surface area contributed by atoms with Crippen LogP contribution in [0.5, 0.6) is 0 Å². The number of hydrogen-bond acceptors (Lipinski definition) is 3. The van der Waals surface area contributed by atoms with Gasteiger partial charge in [-0.05, 0) is 25.0 Å². The number of aromatic amines is 1. The van der Waals surface area contributed by atoms with Crippen LogP contribution in [0.25, 0.3) is 15.9 Å². The summed E-state index contributed by atoms with van der Waals surface area (Å²) in [7, 11) is 0. The number of nitrogens with zero attached hydrogens (tertiary/aromatic N) is 3. The number of aliphatic imine (C=N–C) groups is 1. The molecule has 7 heteroatoms. The predicted octanol–water partition coefficient (Wildman–Crippen LogP) is 3.17. The van der Waals surface area contributed by atoms with Gasteiger partial charge in [-0.1, -0.05) is 18.2 Å². The Hall–Kier alpha value is -2.80. The minimum absolute atomic E-state index is 0.566. The first-order valence-corrected chi connectivity index (χ1v) is 9.69. The maximum absolute atomic E-state index is 4.66. The first-order chi connectivity index (χ1) is 12.8. The summed E-state index contributed by atoms with van der Waals surface area (Å²) >= 11 is 1.64. The van der Waals surface area contributed by atoms with Crippen molar-refractivity contribution >= 4 is 33.2 Å². The largest absolute Gasteiger partial charge is 0.361 e. The lowest BCUT2D eigenvalue weighted by Crippen LogP contribution is -2.38. The minimum atomic E-state index is 0.566. The smallest absolute Gasteiger partial charge is 0.193 e. The monoisotopic (exact) mass is 366 g/mol.